The van der Waals surface area contributed by atoms with Crippen LogP contribution in [0.4, 0.5) is 5.69 Å². The fourth-order valence-corrected chi connectivity index (χ4v) is 7.20. The van der Waals surface area contributed by atoms with Crippen molar-refractivity contribution in [1.29, 1.82) is 0 Å². The zero-order chi connectivity index (χ0) is 34.4. The lowest BCUT2D eigenvalue weighted by molar-refractivity contribution is -0.276. The molecule has 3 aromatic carbocycles. The average Bonchev–Trinajstić information content (AvgIpc) is 3.44. The first-order valence-corrected chi connectivity index (χ1v) is 17.2. The minimum absolute atomic E-state index is 0.0262. The molecule has 0 saturated carbocycles. The van der Waals surface area contributed by atoms with Crippen LogP contribution in [-0.4, -0.2) is 70.8 Å². The molecule has 3 aliphatic heterocycles. The van der Waals surface area contributed by atoms with Crippen molar-refractivity contribution in [2.24, 2.45) is 5.92 Å². The highest BCUT2D eigenvalue weighted by molar-refractivity contribution is 5.93. The van der Waals surface area contributed by atoms with Crippen LogP contribution < -0.4 is 15.5 Å². The maximum absolute atomic E-state index is 13.2. The molecule has 3 heterocycles. The summed E-state index contributed by atoms with van der Waals surface area (Å²) >= 11 is 0. The van der Waals surface area contributed by atoms with Crippen molar-refractivity contribution in [3.63, 3.8) is 0 Å². The summed E-state index contributed by atoms with van der Waals surface area (Å²) in [4.78, 5) is 40.7. The summed E-state index contributed by atoms with van der Waals surface area (Å²) in [7, 11) is 0. The Hall–Kier alpha value is -4.29. The SMILES string of the molecule is C[C@@H]1[C@H](CN2CCC3(CC2)C(=O)NCN3c2ccccc2)O[C@H](c2ccc(CNC(=O)CCCC(=O)O)cc2)O[C@@H]1c1ccc(CO)cc1. The zero-order valence-corrected chi connectivity index (χ0v) is 27.9. The largest absolute Gasteiger partial charge is 0.481 e. The molecular weight excluding hydrogens is 624 g/mol. The number of aliphatic carboxylic acids is 1. The van der Waals surface area contributed by atoms with Crippen molar-refractivity contribution in [3.05, 3.63) is 101 Å². The Morgan fingerprint density at radius 1 is 0.918 bits per heavy atom. The van der Waals surface area contributed by atoms with Crippen LogP contribution in [0.5, 0.6) is 0 Å². The number of ether oxygens (including phenoxy) is 2. The Labute approximate surface area is 287 Å². The maximum Gasteiger partial charge on any atom is 0.303 e. The quantitative estimate of drug-likeness (QED) is 0.222. The van der Waals surface area contributed by atoms with Gasteiger partial charge in [0.05, 0.1) is 25.5 Å². The number of nitrogens with zero attached hydrogens (tertiary/aromatic N) is 2. The van der Waals surface area contributed by atoms with Crippen molar-refractivity contribution in [2.75, 3.05) is 31.2 Å². The van der Waals surface area contributed by atoms with E-state index in [1.54, 1.807) is 0 Å². The molecule has 2 amide bonds. The molecule has 0 aliphatic carbocycles. The number of para-hydroxylation sites is 1. The average molecular weight is 671 g/mol. The molecule has 260 valence electrons. The number of hydrogen-bond acceptors (Lipinski definition) is 8. The van der Waals surface area contributed by atoms with Gasteiger partial charge in [0.2, 0.25) is 11.8 Å². The number of anilines is 1. The van der Waals surface area contributed by atoms with Crippen molar-refractivity contribution in [3.8, 4) is 0 Å². The number of aliphatic hydroxyl groups is 1. The first-order chi connectivity index (χ1) is 23.8. The smallest absolute Gasteiger partial charge is 0.303 e. The van der Waals surface area contributed by atoms with Crippen LogP contribution in [0.1, 0.15) is 73.7 Å². The third kappa shape index (κ3) is 7.96. The number of amides is 2. The van der Waals surface area contributed by atoms with Crippen LogP contribution in [0.2, 0.25) is 0 Å². The maximum atomic E-state index is 13.2. The van der Waals surface area contributed by atoms with Gasteiger partial charge in [0, 0.05) is 56.2 Å². The fraction of sp³-hybridized carbons (Fsp3) is 0.447. The lowest BCUT2D eigenvalue weighted by atomic mass is 9.84. The molecular formula is C38H46N4O7. The Bertz CT molecular complexity index is 1580. The van der Waals surface area contributed by atoms with Gasteiger partial charge in [-0.25, -0.2) is 0 Å². The van der Waals surface area contributed by atoms with Gasteiger partial charge in [0.1, 0.15) is 5.54 Å². The van der Waals surface area contributed by atoms with Crippen LogP contribution >= 0.6 is 0 Å². The number of hydrogen-bond donors (Lipinski definition) is 4. The molecule has 4 N–H and O–H groups in total. The lowest BCUT2D eigenvalue weighted by Gasteiger charge is -2.46. The summed E-state index contributed by atoms with van der Waals surface area (Å²) in [6.07, 6.45) is 0.877. The third-order valence-corrected chi connectivity index (χ3v) is 10.2. The number of rotatable bonds is 12. The Morgan fingerprint density at radius 3 is 2.27 bits per heavy atom. The van der Waals surface area contributed by atoms with Gasteiger partial charge in [-0.1, -0.05) is 73.7 Å². The first kappa shape index (κ1) is 34.6. The highest BCUT2D eigenvalue weighted by Crippen LogP contribution is 2.43. The summed E-state index contributed by atoms with van der Waals surface area (Å²) in [6, 6.07) is 25.8. The van der Waals surface area contributed by atoms with E-state index in [0.29, 0.717) is 26.2 Å². The summed E-state index contributed by atoms with van der Waals surface area (Å²) < 4.78 is 13.3. The predicted octanol–water partition coefficient (Wildman–Crippen LogP) is 4.27. The number of carbonyl (C=O) groups is 3. The minimum Gasteiger partial charge on any atom is -0.481 e. The standard InChI is InChI=1S/C38H46N4O7/c1-26-32(23-41-20-18-38(19-21-41)37(47)40-25-42(38)31-6-3-2-4-7-31)48-36(49-35(26)29-14-12-28(24-43)13-15-29)30-16-10-27(11-17-30)22-39-33(44)8-5-9-34(45)46/h2-4,6-7,10-17,26,32,35-36,43H,5,8-9,18-25H2,1H3,(H,39,44)(H,40,47)(H,45,46)/t26-,32+,35+,36+/m1/s1. The van der Waals surface area contributed by atoms with Crippen LogP contribution in [0.25, 0.3) is 0 Å². The number of benzene rings is 3. The van der Waals surface area contributed by atoms with Crippen molar-refractivity contribution >= 4 is 23.5 Å². The Morgan fingerprint density at radius 2 is 1.59 bits per heavy atom. The van der Waals surface area contributed by atoms with Gasteiger partial charge in [0.25, 0.3) is 0 Å². The molecule has 0 aromatic heterocycles. The van der Waals surface area contributed by atoms with Crippen LogP contribution in [0.3, 0.4) is 0 Å². The molecule has 11 heteroatoms. The second-order valence-electron chi connectivity index (χ2n) is 13.3. The fourth-order valence-electron chi connectivity index (χ4n) is 7.20. The van der Waals surface area contributed by atoms with E-state index in [1.807, 2.05) is 66.7 Å². The van der Waals surface area contributed by atoms with Crippen LogP contribution in [0.15, 0.2) is 78.9 Å². The van der Waals surface area contributed by atoms with E-state index in [0.717, 1.165) is 53.9 Å². The van der Waals surface area contributed by atoms with Gasteiger partial charge in [-0.05, 0) is 48.1 Å². The summed E-state index contributed by atoms with van der Waals surface area (Å²) in [5, 5.41) is 24.3. The highest BCUT2D eigenvalue weighted by atomic mass is 16.7. The van der Waals surface area contributed by atoms with E-state index < -0.39 is 17.8 Å². The van der Waals surface area contributed by atoms with Gasteiger partial charge in [-0.3, -0.25) is 14.4 Å². The van der Waals surface area contributed by atoms with Crippen molar-refractivity contribution < 1.29 is 34.1 Å². The number of carbonyl (C=O) groups excluding carboxylic acids is 2. The topological polar surface area (TPSA) is 141 Å². The molecule has 3 aliphatic rings. The summed E-state index contributed by atoms with van der Waals surface area (Å²) in [6.45, 7) is 5.21. The number of carboxylic acids is 1. The Balaban J connectivity index is 1.13. The second kappa shape index (κ2) is 15.5. The predicted molar refractivity (Wildman–Crippen MR) is 183 cm³/mol. The summed E-state index contributed by atoms with van der Waals surface area (Å²) in [5.74, 6) is -0.965. The van der Waals surface area contributed by atoms with Crippen molar-refractivity contribution in [1.82, 2.24) is 15.5 Å². The van der Waals surface area contributed by atoms with Gasteiger partial charge in [0.15, 0.2) is 6.29 Å². The number of aliphatic hydroxyl groups excluding tert-OH is 1. The second-order valence-corrected chi connectivity index (χ2v) is 13.3. The minimum atomic E-state index is -0.908. The monoisotopic (exact) mass is 670 g/mol. The summed E-state index contributed by atoms with van der Waals surface area (Å²) in [5.41, 5.74) is 4.13. The zero-order valence-electron chi connectivity index (χ0n) is 27.9. The normalized spacial score (nSPS) is 23.7. The van der Waals surface area contributed by atoms with E-state index in [2.05, 4.69) is 39.5 Å². The third-order valence-electron chi connectivity index (χ3n) is 10.2. The van der Waals surface area contributed by atoms with E-state index >= 15 is 0 Å². The molecule has 3 aromatic rings. The number of likely N-dealkylation sites (tertiary alicyclic amines) is 1. The molecule has 6 rings (SSSR count). The van der Waals surface area contributed by atoms with E-state index in [4.69, 9.17) is 14.6 Å². The number of piperidine rings is 1. The molecule has 1 spiro atoms. The molecule has 4 atom stereocenters. The number of nitrogens with one attached hydrogen (secondary N) is 2. The molecule has 3 fully saturated rings. The molecule has 0 radical (unpaired) electrons. The van der Waals surface area contributed by atoms with Gasteiger partial charge in [-0.2, -0.15) is 0 Å². The Kier molecular flexibility index (Phi) is 10.9. The highest BCUT2D eigenvalue weighted by Gasteiger charge is 2.51. The van der Waals surface area contributed by atoms with E-state index in [1.165, 1.54) is 0 Å². The van der Waals surface area contributed by atoms with Crippen LogP contribution in [0, 0.1) is 5.92 Å². The van der Waals surface area contributed by atoms with Gasteiger partial charge in [-0.15, -0.1) is 0 Å². The first-order valence-electron chi connectivity index (χ1n) is 17.2. The van der Waals surface area contributed by atoms with Crippen LogP contribution in [-0.2, 0) is 37.0 Å². The molecule has 11 nitrogen and oxygen atoms in total. The lowest BCUT2D eigenvalue weighted by Crippen LogP contribution is -2.57. The molecule has 49 heavy (non-hydrogen) atoms. The van der Waals surface area contributed by atoms with E-state index in [-0.39, 0.29) is 49.4 Å². The van der Waals surface area contributed by atoms with Gasteiger partial charge >= 0.3 is 5.97 Å². The van der Waals surface area contributed by atoms with E-state index in [9.17, 15) is 19.5 Å². The molecule has 0 unspecified atom stereocenters. The molecule has 0 bridgehead atoms. The van der Waals surface area contributed by atoms with Crippen molar-refractivity contribution in [2.45, 2.75) is 76.2 Å². The molecule has 3 saturated heterocycles. The van der Waals surface area contributed by atoms with Gasteiger partial charge < -0.3 is 40.1 Å². The number of carboxylic acid groups (broad SMARTS) is 1.